The number of oxime groups is 1. The van der Waals surface area contributed by atoms with Gasteiger partial charge < -0.3 is 13.7 Å². The molecule has 0 aromatic heterocycles. The largest absolute Gasteiger partial charge is 0.517 e. The Morgan fingerprint density at radius 3 is 2.46 bits per heavy atom. The molecule has 0 heterocycles. The number of hydrogen-bond acceptors (Lipinski definition) is 5. The summed E-state index contributed by atoms with van der Waals surface area (Å²) in [6.45, 7) is 15.1. The lowest BCUT2D eigenvalue weighted by atomic mass is 9.50. The molecule has 0 spiro atoms. The molecular weight excluding hydrogens is 470 g/mol. The molecule has 6 atom stereocenters. The van der Waals surface area contributed by atoms with Crippen molar-refractivity contribution < 1.29 is 18.5 Å². The van der Waals surface area contributed by atoms with Crippen molar-refractivity contribution >= 4 is 28.3 Å². The van der Waals surface area contributed by atoms with Crippen LogP contribution in [0, 0.1) is 41.4 Å². The number of rotatable bonds is 6. The van der Waals surface area contributed by atoms with E-state index in [0.717, 1.165) is 43.2 Å². The van der Waals surface area contributed by atoms with Gasteiger partial charge in [-0.2, -0.15) is 0 Å². The van der Waals surface area contributed by atoms with Gasteiger partial charge in [0, 0.05) is 5.41 Å². The van der Waals surface area contributed by atoms with Crippen LogP contribution in [0.5, 0.6) is 0 Å². The number of carbonyl (C=O) groups excluding carboxylic acids is 1. The van der Waals surface area contributed by atoms with Crippen molar-refractivity contribution in [2.24, 2.45) is 34.2 Å². The van der Waals surface area contributed by atoms with Crippen molar-refractivity contribution in [3.8, 4) is 12.3 Å². The van der Waals surface area contributed by atoms with Crippen LogP contribution in [-0.4, -0.2) is 40.5 Å². The third kappa shape index (κ3) is 5.35. The van der Waals surface area contributed by atoms with Crippen LogP contribution in [-0.2, 0) is 18.5 Å². The van der Waals surface area contributed by atoms with Gasteiger partial charge >= 0.3 is 5.97 Å². The fourth-order valence-electron chi connectivity index (χ4n) is 7.76. The topological polar surface area (TPSA) is 57.1 Å². The molecule has 194 valence electrons. The first-order valence-corrected chi connectivity index (χ1v) is 20.4. The normalized spacial score (nSPS) is 38.0. The zero-order valence-electron chi connectivity index (χ0n) is 22.9. The van der Waals surface area contributed by atoms with Crippen molar-refractivity contribution in [3.05, 3.63) is 11.6 Å². The van der Waals surface area contributed by atoms with E-state index in [-0.39, 0.29) is 23.6 Å². The quantitative estimate of drug-likeness (QED) is 0.229. The fraction of sp³-hybridized carbons (Fsp3) is 0.786. The van der Waals surface area contributed by atoms with E-state index in [1.165, 1.54) is 31.3 Å². The van der Waals surface area contributed by atoms with Crippen LogP contribution in [0.1, 0.15) is 58.3 Å². The summed E-state index contributed by atoms with van der Waals surface area (Å²) in [4.78, 5) is 17.3. The molecule has 4 aliphatic carbocycles. The average molecular weight is 516 g/mol. The van der Waals surface area contributed by atoms with Gasteiger partial charge in [0.25, 0.3) is 0 Å². The van der Waals surface area contributed by atoms with Crippen LogP contribution in [0.4, 0.5) is 0 Å². The Kier molecular flexibility index (Phi) is 7.24. The summed E-state index contributed by atoms with van der Waals surface area (Å²) in [6, 6.07) is 0. The Hall–Kier alpha value is -1.37. The summed E-state index contributed by atoms with van der Waals surface area (Å²) < 4.78 is 12.3. The molecule has 0 aliphatic heterocycles. The van der Waals surface area contributed by atoms with Crippen molar-refractivity contribution in [3.63, 3.8) is 0 Å². The molecule has 3 fully saturated rings. The van der Waals surface area contributed by atoms with Gasteiger partial charge in [-0.15, -0.1) is 6.42 Å². The summed E-state index contributed by atoms with van der Waals surface area (Å²) in [5, 5.41) is 4.30. The first kappa shape index (κ1) is 26.7. The third-order valence-corrected chi connectivity index (χ3v) is 10.7. The Balaban J connectivity index is 1.43. The van der Waals surface area contributed by atoms with E-state index in [1.807, 2.05) is 19.6 Å². The van der Waals surface area contributed by atoms with Gasteiger partial charge in [0.2, 0.25) is 14.9 Å². The number of terminal acetylenes is 1. The molecule has 0 amide bonds. The highest BCUT2D eigenvalue weighted by Crippen LogP contribution is 2.66. The van der Waals surface area contributed by atoms with Crippen LogP contribution in [0.15, 0.2) is 16.8 Å². The lowest BCUT2D eigenvalue weighted by molar-refractivity contribution is -0.140. The monoisotopic (exact) mass is 515 g/mol. The molecule has 6 unspecified atom stereocenters. The fourth-order valence-corrected chi connectivity index (χ4v) is 9.94. The van der Waals surface area contributed by atoms with Crippen molar-refractivity contribution in [1.29, 1.82) is 0 Å². The molecule has 0 aromatic carbocycles. The minimum absolute atomic E-state index is 0.0874. The van der Waals surface area contributed by atoms with Gasteiger partial charge in [-0.05, 0) is 120 Å². The van der Waals surface area contributed by atoms with Gasteiger partial charge in [-0.3, -0.25) is 0 Å². The standard InChI is InChI=1S/C28H45NO4Si2/c1-9-28(33-35(6,7)8)17-15-25-24-12-10-20-18-21(29-31-19-26(30)32-34(3,4)5)11-13-22(20)23(24)14-16-27(25,28)2/h1,18,22-25H,10-17,19H2,2-8H3/b29-21-. The Labute approximate surface area is 214 Å². The first-order chi connectivity index (χ1) is 16.3. The number of hydrogen-bond donors (Lipinski definition) is 0. The van der Waals surface area contributed by atoms with Gasteiger partial charge in [0.15, 0.2) is 8.32 Å². The van der Waals surface area contributed by atoms with E-state index in [9.17, 15) is 4.79 Å². The third-order valence-electron chi connectivity index (χ3n) is 8.93. The second-order valence-corrected chi connectivity index (χ2v) is 22.3. The second-order valence-electron chi connectivity index (χ2n) is 13.5. The molecule has 5 nitrogen and oxygen atoms in total. The second kappa shape index (κ2) is 9.50. The molecule has 3 saturated carbocycles. The van der Waals surface area contributed by atoms with Gasteiger partial charge in [0.1, 0.15) is 5.60 Å². The Morgan fingerprint density at radius 1 is 1.06 bits per heavy atom. The molecule has 0 aromatic rings. The van der Waals surface area contributed by atoms with Crippen LogP contribution < -0.4 is 0 Å². The maximum atomic E-state index is 11.9. The van der Waals surface area contributed by atoms with Crippen LogP contribution in [0.25, 0.3) is 0 Å². The van der Waals surface area contributed by atoms with Gasteiger partial charge in [0.05, 0.1) is 5.71 Å². The van der Waals surface area contributed by atoms with E-state index in [2.05, 4.69) is 43.7 Å². The van der Waals surface area contributed by atoms with Crippen LogP contribution >= 0.6 is 0 Å². The molecule has 4 rings (SSSR count). The Morgan fingerprint density at radius 2 is 1.80 bits per heavy atom. The summed E-state index contributed by atoms with van der Waals surface area (Å²) in [5.41, 5.74) is 2.20. The maximum absolute atomic E-state index is 11.9. The highest BCUT2D eigenvalue weighted by molar-refractivity contribution is 6.71. The minimum Gasteiger partial charge on any atom is -0.517 e. The molecular formula is C28H45NO4Si2. The summed E-state index contributed by atoms with van der Waals surface area (Å²) >= 11 is 0. The molecule has 0 saturated heterocycles. The Bertz CT molecular complexity index is 940. The number of allylic oxidation sites excluding steroid dienone is 2. The molecule has 0 bridgehead atoms. The van der Waals surface area contributed by atoms with Crippen molar-refractivity contribution in [2.45, 2.75) is 103 Å². The predicted octanol–water partition coefficient (Wildman–Crippen LogP) is 6.53. The summed E-state index contributed by atoms with van der Waals surface area (Å²) in [5.74, 6) is 5.67. The van der Waals surface area contributed by atoms with E-state index in [4.69, 9.17) is 20.1 Å². The van der Waals surface area contributed by atoms with Crippen molar-refractivity contribution in [1.82, 2.24) is 0 Å². The smallest absolute Gasteiger partial charge is 0.333 e. The van der Waals surface area contributed by atoms with Crippen LogP contribution in [0.3, 0.4) is 0 Å². The van der Waals surface area contributed by atoms with E-state index in [0.29, 0.717) is 11.8 Å². The average Bonchev–Trinajstić information content (AvgIpc) is 3.03. The highest BCUT2D eigenvalue weighted by Gasteiger charge is 2.63. The van der Waals surface area contributed by atoms with Crippen LogP contribution in [0.2, 0.25) is 39.3 Å². The number of nitrogens with zero attached hydrogens (tertiary/aromatic N) is 1. The SMILES string of the molecule is C#CC1(O[Si](C)(C)C)CCC2C3CCC4=C/C(=N\OCC(=O)O[Si](C)(C)C)CCC4C3CCC21C. The maximum Gasteiger partial charge on any atom is 0.333 e. The van der Waals surface area contributed by atoms with E-state index >= 15 is 0 Å². The predicted molar refractivity (Wildman–Crippen MR) is 146 cm³/mol. The summed E-state index contributed by atoms with van der Waals surface area (Å²) in [6.07, 6.45) is 17.5. The highest BCUT2D eigenvalue weighted by atomic mass is 28.4. The zero-order valence-corrected chi connectivity index (χ0v) is 24.9. The number of fused-ring (bicyclic) bond motifs is 5. The molecule has 35 heavy (non-hydrogen) atoms. The van der Waals surface area contributed by atoms with Crippen molar-refractivity contribution in [2.75, 3.05) is 6.61 Å². The molecule has 0 radical (unpaired) electrons. The number of carbonyl (C=O) groups is 1. The molecule has 4 aliphatic rings. The molecule has 0 N–H and O–H groups in total. The molecule has 7 heteroatoms. The summed E-state index contributed by atoms with van der Waals surface area (Å²) in [7, 11) is -3.65. The lowest BCUT2D eigenvalue weighted by Crippen LogP contribution is -2.56. The zero-order chi connectivity index (χ0) is 25.6. The van der Waals surface area contributed by atoms with Gasteiger partial charge in [-0.25, -0.2) is 4.79 Å². The van der Waals surface area contributed by atoms with E-state index in [1.54, 1.807) is 0 Å². The first-order valence-electron chi connectivity index (χ1n) is 13.6. The van der Waals surface area contributed by atoms with E-state index < -0.39 is 16.6 Å². The lowest BCUT2D eigenvalue weighted by Gasteiger charge is -2.56. The minimum atomic E-state index is -1.89. The van der Waals surface area contributed by atoms with Gasteiger partial charge in [-0.1, -0.05) is 23.6 Å².